The van der Waals surface area contributed by atoms with Gasteiger partial charge in [-0.3, -0.25) is 0 Å². The fourth-order valence-electron chi connectivity index (χ4n) is 5.24. The molecule has 0 saturated heterocycles. The van der Waals surface area contributed by atoms with Crippen molar-refractivity contribution >= 4 is 16.8 Å². The minimum Gasteiger partial charge on any atom is -0.497 e. The highest BCUT2D eigenvalue weighted by Crippen LogP contribution is 2.49. The lowest BCUT2D eigenvalue weighted by Gasteiger charge is -2.37. The van der Waals surface area contributed by atoms with Gasteiger partial charge in [0.2, 0.25) is 0 Å². The smallest absolute Gasteiger partial charge is 0.104 e. The molecule has 0 saturated carbocycles. The molecule has 1 heteroatoms. The van der Waals surface area contributed by atoms with E-state index in [0.717, 1.165) is 13.0 Å². The third-order valence-corrected chi connectivity index (χ3v) is 6.86. The highest BCUT2D eigenvalue weighted by atomic mass is 16.5. The number of hydrogen-bond acceptors (Lipinski definition) is 1. The molecule has 150 valence electrons. The summed E-state index contributed by atoms with van der Waals surface area (Å²) in [4.78, 5) is 0. The summed E-state index contributed by atoms with van der Waals surface area (Å²) in [6.45, 7) is 7.83. The zero-order chi connectivity index (χ0) is 19.5. The maximum Gasteiger partial charge on any atom is 0.104 e. The first-order valence-corrected chi connectivity index (χ1v) is 11.7. The number of unbranched alkanes of at least 4 members (excludes halogenated alkanes) is 4. The normalized spacial score (nSPS) is 20.3. The van der Waals surface area contributed by atoms with E-state index in [1.165, 1.54) is 79.0 Å². The first-order valence-electron chi connectivity index (χ1n) is 11.7. The van der Waals surface area contributed by atoms with Gasteiger partial charge in [0.05, 0.1) is 6.61 Å². The van der Waals surface area contributed by atoms with E-state index in [-0.39, 0.29) is 0 Å². The number of ether oxygens (including phenoxy) is 1. The van der Waals surface area contributed by atoms with Crippen molar-refractivity contribution in [2.24, 2.45) is 5.92 Å². The van der Waals surface area contributed by atoms with Gasteiger partial charge in [0.25, 0.3) is 0 Å². The molecule has 0 fully saturated rings. The minimum absolute atomic E-state index is 0.451. The van der Waals surface area contributed by atoms with Crippen LogP contribution in [0.25, 0.3) is 16.8 Å². The van der Waals surface area contributed by atoms with Crippen LogP contribution >= 0.6 is 0 Å². The molecule has 0 aliphatic heterocycles. The molecular formula is C27H36O. The Labute approximate surface area is 171 Å². The predicted molar refractivity (Wildman–Crippen MR) is 121 cm³/mol. The maximum absolute atomic E-state index is 6.48. The third kappa shape index (κ3) is 3.61. The second kappa shape index (κ2) is 8.72. The average molecular weight is 377 g/mol. The summed E-state index contributed by atoms with van der Waals surface area (Å²) >= 11 is 0. The number of aryl methyl sites for hydroxylation is 2. The van der Waals surface area contributed by atoms with Gasteiger partial charge in [-0.25, -0.2) is 0 Å². The van der Waals surface area contributed by atoms with Gasteiger partial charge in [-0.05, 0) is 77.1 Å². The molecule has 0 bridgehead atoms. The Morgan fingerprint density at radius 1 is 0.964 bits per heavy atom. The molecule has 0 heterocycles. The molecule has 1 nitrogen and oxygen atoms in total. The Morgan fingerprint density at radius 3 is 2.57 bits per heavy atom. The van der Waals surface area contributed by atoms with Crippen molar-refractivity contribution in [1.82, 2.24) is 0 Å². The summed E-state index contributed by atoms with van der Waals surface area (Å²) in [6, 6.07) is 9.47. The molecule has 0 aromatic heterocycles. The van der Waals surface area contributed by atoms with Crippen LogP contribution in [0.4, 0.5) is 0 Å². The number of hydrogen-bond donors (Lipinski definition) is 0. The lowest BCUT2D eigenvalue weighted by atomic mass is 9.69. The van der Waals surface area contributed by atoms with Gasteiger partial charge >= 0.3 is 0 Å². The molecule has 2 unspecified atom stereocenters. The van der Waals surface area contributed by atoms with Gasteiger partial charge in [0.1, 0.15) is 5.76 Å². The van der Waals surface area contributed by atoms with Crippen LogP contribution in [0, 0.1) is 5.92 Å². The Balaban J connectivity index is 1.78. The second-order valence-electron chi connectivity index (χ2n) is 8.93. The van der Waals surface area contributed by atoms with Crippen LogP contribution in [0.3, 0.4) is 0 Å². The van der Waals surface area contributed by atoms with E-state index in [9.17, 15) is 0 Å². The van der Waals surface area contributed by atoms with Crippen LogP contribution in [0.2, 0.25) is 0 Å². The quantitative estimate of drug-likeness (QED) is 0.406. The van der Waals surface area contributed by atoms with E-state index in [0.29, 0.717) is 11.8 Å². The van der Waals surface area contributed by atoms with Crippen LogP contribution in [-0.4, -0.2) is 6.61 Å². The molecule has 2 aromatic carbocycles. The molecule has 0 spiro atoms. The Kier molecular flexibility index (Phi) is 6.09. The second-order valence-corrected chi connectivity index (χ2v) is 8.93. The number of benzene rings is 2. The van der Waals surface area contributed by atoms with Crippen LogP contribution in [0.15, 0.2) is 30.0 Å². The van der Waals surface area contributed by atoms with Crippen molar-refractivity contribution in [1.29, 1.82) is 0 Å². The van der Waals surface area contributed by atoms with Gasteiger partial charge < -0.3 is 4.74 Å². The first kappa shape index (κ1) is 19.6. The lowest BCUT2D eigenvalue weighted by Crippen LogP contribution is -2.24. The molecule has 2 aromatic rings. The summed E-state index contributed by atoms with van der Waals surface area (Å²) in [7, 11) is 0. The zero-order valence-electron chi connectivity index (χ0n) is 18.0. The van der Waals surface area contributed by atoms with Crippen molar-refractivity contribution in [2.75, 3.05) is 6.61 Å². The summed E-state index contributed by atoms with van der Waals surface area (Å²) in [5.74, 6) is 2.35. The Morgan fingerprint density at radius 2 is 1.75 bits per heavy atom. The van der Waals surface area contributed by atoms with Gasteiger partial charge in [-0.15, -0.1) is 0 Å². The monoisotopic (exact) mass is 376 g/mol. The zero-order valence-corrected chi connectivity index (χ0v) is 18.0. The highest BCUT2D eigenvalue weighted by Gasteiger charge is 2.35. The minimum atomic E-state index is 0.451. The van der Waals surface area contributed by atoms with Crippen molar-refractivity contribution in [3.05, 3.63) is 52.3 Å². The highest BCUT2D eigenvalue weighted by molar-refractivity contribution is 5.98. The molecule has 2 aliphatic rings. The van der Waals surface area contributed by atoms with E-state index in [4.69, 9.17) is 4.74 Å². The van der Waals surface area contributed by atoms with Crippen molar-refractivity contribution in [2.45, 2.75) is 84.5 Å². The topological polar surface area (TPSA) is 9.23 Å². The molecule has 2 aliphatic carbocycles. The fraction of sp³-hybridized carbons (Fsp3) is 0.556. The maximum atomic E-state index is 6.48. The summed E-state index contributed by atoms with van der Waals surface area (Å²) in [6.07, 6.45) is 13.6. The Bertz CT molecular complexity index is 860. The molecule has 0 radical (unpaired) electrons. The summed E-state index contributed by atoms with van der Waals surface area (Å²) in [5, 5.41) is 2.94. The van der Waals surface area contributed by atoms with E-state index in [2.05, 4.69) is 51.1 Å². The lowest BCUT2D eigenvalue weighted by molar-refractivity contribution is 0.173. The summed E-state index contributed by atoms with van der Waals surface area (Å²) in [5.41, 5.74) is 6.13. The van der Waals surface area contributed by atoms with Crippen LogP contribution < -0.4 is 0 Å². The molecule has 28 heavy (non-hydrogen) atoms. The molecule has 4 rings (SSSR count). The van der Waals surface area contributed by atoms with Gasteiger partial charge in [0.15, 0.2) is 0 Å². The standard InChI is InChI=1S/C27H36O/c1-4-6-8-10-20-13-14-21-15-16-22-12-11-19(3)25-24(28-17-9-7-5-2)18-23(20)26(21)27(22)25/h13-16,18-19,25H,4-12,17H2,1-3H3. The van der Waals surface area contributed by atoms with Crippen LogP contribution in [-0.2, 0) is 17.6 Å². The van der Waals surface area contributed by atoms with Gasteiger partial charge in [-0.2, -0.15) is 0 Å². The van der Waals surface area contributed by atoms with Crippen LogP contribution in [0.5, 0.6) is 0 Å². The Hall–Kier alpha value is -1.76. The molecule has 0 amide bonds. The molecular weight excluding hydrogens is 340 g/mol. The van der Waals surface area contributed by atoms with Gasteiger partial charge in [-0.1, -0.05) is 70.7 Å². The number of rotatable bonds is 9. The van der Waals surface area contributed by atoms with Crippen molar-refractivity contribution in [3.63, 3.8) is 0 Å². The van der Waals surface area contributed by atoms with Gasteiger partial charge in [0, 0.05) is 5.92 Å². The van der Waals surface area contributed by atoms with E-state index in [1.54, 1.807) is 11.1 Å². The van der Waals surface area contributed by atoms with E-state index >= 15 is 0 Å². The van der Waals surface area contributed by atoms with E-state index in [1.807, 2.05) is 0 Å². The van der Waals surface area contributed by atoms with Crippen LogP contribution in [0.1, 0.15) is 93.9 Å². The van der Waals surface area contributed by atoms with E-state index < -0.39 is 0 Å². The average Bonchev–Trinajstić information content (AvgIpc) is 2.71. The van der Waals surface area contributed by atoms with Crippen molar-refractivity contribution < 1.29 is 4.74 Å². The largest absolute Gasteiger partial charge is 0.497 e. The molecule has 0 N–H and O–H groups in total. The first-order chi connectivity index (χ1) is 13.7. The SMILES string of the molecule is CCCCCOC1=Cc2c(CCCCC)ccc3ccc4c(c23)C1C(C)CC4. The number of allylic oxidation sites excluding steroid dienone is 1. The fourth-order valence-corrected chi connectivity index (χ4v) is 5.24. The molecule has 2 atom stereocenters. The predicted octanol–water partition coefficient (Wildman–Crippen LogP) is 7.80. The third-order valence-electron chi connectivity index (χ3n) is 6.86. The van der Waals surface area contributed by atoms with Crippen molar-refractivity contribution in [3.8, 4) is 0 Å². The summed E-state index contributed by atoms with van der Waals surface area (Å²) < 4.78 is 6.48.